The van der Waals surface area contributed by atoms with Crippen molar-refractivity contribution in [2.24, 2.45) is 11.3 Å². The summed E-state index contributed by atoms with van der Waals surface area (Å²) >= 11 is 6.11. The number of anilines is 1. The van der Waals surface area contributed by atoms with Gasteiger partial charge in [0.05, 0.1) is 53.6 Å². The Hall–Kier alpha value is -3.23. The van der Waals surface area contributed by atoms with Crippen molar-refractivity contribution in [2.45, 2.75) is 96.9 Å². The van der Waals surface area contributed by atoms with E-state index in [2.05, 4.69) is 16.7 Å². The van der Waals surface area contributed by atoms with Gasteiger partial charge in [-0.1, -0.05) is 44.5 Å². The second-order valence-electron chi connectivity index (χ2n) is 14.2. The molecule has 0 radical (unpaired) electrons. The number of aliphatic hydroxyl groups is 1. The first-order valence-corrected chi connectivity index (χ1v) is 15.9. The zero-order valence-corrected chi connectivity index (χ0v) is 28.8. The number of amides is 1. The number of benzene rings is 2. The van der Waals surface area contributed by atoms with E-state index in [1.165, 1.54) is 25.3 Å². The Morgan fingerprint density at radius 1 is 1.09 bits per heavy atom. The smallest absolute Gasteiger partial charge is 0.338 e. The predicted octanol–water partition coefficient (Wildman–Crippen LogP) is 6.63. The number of aliphatic hydroxyl groups excluding tert-OH is 1. The average molecular weight is 660 g/mol. The lowest BCUT2D eigenvalue weighted by atomic mass is 9.77. The van der Waals surface area contributed by atoms with Crippen LogP contribution in [0.1, 0.15) is 89.6 Å². The van der Waals surface area contributed by atoms with Crippen LogP contribution in [0, 0.1) is 28.5 Å². The van der Waals surface area contributed by atoms with Gasteiger partial charge >= 0.3 is 5.97 Å². The van der Waals surface area contributed by atoms with Crippen LogP contribution in [0.25, 0.3) is 0 Å². The van der Waals surface area contributed by atoms with Crippen molar-refractivity contribution in [2.75, 3.05) is 25.6 Å². The largest absolute Gasteiger partial charge is 0.495 e. The molecule has 3 N–H and O–H groups in total. The first-order valence-electron chi connectivity index (χ1n) is 15.5. The SMILES string of the molecule is COc1cc(C(=O)OC(C)(C)CCOC(C)(C)CCO)ccc1NC(=O)[C@@H]1NC(CC(C)(C)C)C(C#N)C1c1cccc(Cl)c1F. The molecule has 1 amide bonds. The molecule has 2 aromatic rings. The van der Waals surface area contributed by atoms with Crippen LogP contribution in [0.2, 0.25) is 5.02 Å². The van der Waals surface area contributed by atoms with E-state index in [-0.39, 0.29) is 40.0 Å². The maximum atomic E-state index is 15.3. The molecule has 0 saturated carbocycles. The van der Waals surface area contributed by atoms with Gasteiger partial charge in [-0.15, -0.1) is 0 Å². The molecule has 1 saturated heterocycles. The lowest BCUT2D eigenvalue weighted by Crippen LogP contribution is -2.42. The van der Waals surface area contributed by atoms with Crippen molar-refractivity contribution >= 4 is 29.2 Å². The van der Waals surface area contributed by atoms with Gasteiger partial charge in [0.15, 0.2) is 0 Å². The van der Waals surface area contributed by atoms with Gasteiger partial charge in [-0.3, -0.25) is 4.79 Å². The average Bonchev–Trinajstić information content (AvgIpc) is 3.30. The molecule has 1 fully saturated rings. The number of nitrogens with one attached hydrogen (secondary N) is 2. The molecule has 1 aliphatic heterocycles. The van der Waals surface area contributed by atoms with Gasteiger partial charge in [-0.25, -0.2) is 9.18 Å². The number of carbonyl (C=O) groups excluding carboxylic acids is 2. The Labute approximate surface area is 276 Å². The summed E-state index contributed by atoms with van der Waals surface area (Å²) in [6.45, 7) is 13.8. The first kappa shape index (κ1) is 37.2. The van der Waals surface area contributed by atoms with Gasteiger partial charge < -0.3 is 30.0 Å². The van der Waals surface area contributed by atoms with E-state index in [1.807, 2.05) is 34.6 Å². The maximum absolute atomic E-state index is 15.3. The lowest BCUT2D eigenvalue weighted by molar-refractivity contribution is -0.118. The van der Waals surface area contributed by atoms with Gasteiger partial charge in [0.2, 0.25) is 5.91 Å². The van der Waals surface area contributed by atoms with Crippen molar-refractivity contribution in [3.63, 3.8) is 0 Å². The van der Waals surface area contributed by atoms with Crippen molar-refractivity contribution < 1.29 is 33.3 Å². The minimum Gasteiger partial charge on any atom is -0.495 e. The molecule has 2 aromatic carbocycles. The van der Waals surface area contributed by atoms with Crippen molar-refractivity contribution in [1.82, 2.24) is 5.32 Å². The summed E-state index contributed by atoms with van der Waals surface area (Å²) in [6.07, 6.45) is 1.50. The van der Waals surface area contributed by atoms with Crippen LogP contribution in [0.4, 0.5) is 10.1 Å². The summed E-state index contributed by atoms with van der Waals surface area (Å²) in [7, 11) is 1.42. The van der Waals surface area contributed by atoms with Gasteiger partial charge in [0.25, 0.3) is 0 Å². The van der Waals surface area contributed by atoms with E-state index >= 15 is 4.39 Å². The third kappa shape index (κ3) is 9.64. The standard InChI is InChI=1S/C35H47ClFN3O6/c1-33(2,3)19-26-23(20-38)28(22-10-9-11-24(36)29(22)37)30(39-26)31(42)40-25-13-12-21(18-27(25)44-8)32(43)46-35(6,7)15-17-45-34(4,5)14-16-41/h9-13,18,23,26,28,30,39,41H,14-17,19H2,1-8H3,(H,40,42)/t23?,26?,28?,30-/m1/s1. The van der Waals surface area contributed by atoms with Crippen molar-refractivity contribution in [1.29, 1.82) is 5.26 Å². The van der Waals surface area contributed by atoms with E-state index in [0.717, 1.165) is 0 Å². The van der Waals surface area contributed by atoms with Crippen LogP contribution < -0.4 is 15.4 Å². The topological polar surface area (TPSA) is 130 Å². The van der Waals surface area contributed by atoms with Crippen molar-refractivity contribution in [3.8, 4) is 11.8 Å². The molecule has 3 rings (SSSR count). The number of nitrogens with zero attached hydrogens (tertiary/aromatic N) is 1. The second kappa shape index (κ2) is 15.1. The lowest BCUT2D eigenvalue weighted by Gasteiger charge is -2.29. The second-order valence-corrected chi connectivity index (χ2v) is 14.6. The molecule has 9 nitrogen and oxygen atoms in total. The minimum absolute atomic E-state index is 0.0139. The van der Waals surface area contributed by atoms with Crippen LogP contribution in [0.3, 0.4) is 0 Å². The number of carbonyl (C=O) groups is 2. The molecule has 4 atom stereocenters. The van der Waals surface area contributed by atoms with E-state index in [9.17, 15) is 20.0 Å². The molecule has 46 heavy (non-hydrogen) atoms. The third-order valence-corrected chi connectivity index (χ3v) is 8.44. The van der Waals surface area contributed by atoms with Gasteiger partial charge in [-0.05, 0) is 75.8 Å². The summed E-state index contributed by atoms with van der Waals surface area (Å²) in [5.74, 6) is -3.00. The normalized spacial score (nSPS) is 20.2. The molecular formula is C35H47ClFN3O6. The fraction of sp³-hybridized carbons (Fsp3) is 0.571. The van der Waals surface area contributed by atoms with E-state index < -0.39 is 46.8 Å². The van der Waals surface area contributed by atoms with Crippen LogP contribution in [0.15, 0.2) is 36.4 Å². The maximum Gasteiger partial charge on any atom is 0.338 e. The molecule has 0 aromatic heterocycles. The number of rotatable bonds is 13. The molecule has 0 spiro atoms. The molecule has 252 valence electrons. The molecule has 11 heteroatoms. The number of methoxy groups -OCH3 is 1. The highest BCUT2D eigenvalue weighted by molar-refractivity contribution is 6.30. The van der Waals surface area contributed by atoms with E-state index in [4.69, 9.17) is 25.8 Å². The summed E-state index contributed by atoms with van der Waals surface area (Å²) in [5.41, 5.74) is -0.798. The molecule has 1 aliphatic rings. The van der Waals surface area contributed by atoms with E-state index in [1.54, 1.807) is 32.0 Å². The Bertz CT molecular complexity index is 1430. The fourth-order valence-electron chi connectivity index (χ4n) is 5.71. The highest BCUT2D eigenvalue weighted by atomic mass is 35.5. The Kier molecular flexibility index (Phi) is 12.2. The molecule has 1 heterocycles. The van der Waals surface area contributed by atoms with Gasteiger partial charge in [0, 0.05) is 25.0 Å². The first-order chi connectivity index (χ1) is 21.4. The highest BCUT2D eigenvalue weighted by Crippen LogP contribution is 2.42. The Morgan fingerprint density at radius 2 is 1.78 bits per heavy atom. The molecule has 3 unspecified atom stereocenters. The number of ether oxygens (including phenoxy) is 3. The van der Waals surface area contributed by atoms with Gasteiger partial charge in [-0.2, -0.15) is 5.26 Å². The van der Waals surface area contributed by atoms with Gasteiger partial charge in [0.1, 0.15) is 17.2 Å². The van der Waals surface area contributed by atoms with Crippen LogP contribution in [0.5, 0.6) is 5.75 Å². The number of halogens is 2. The number of hydrogen-bond acceptors (Lipinski definition) is 8. The minimum atomic E-state index is -0.954. The molecule has 0 bridgehead atoms. The summed E-state index contributed by atoms with van der Waals surface area (Å²) < 4.78 is 32.5. The zero-order chi connectivity index (χ0) is 34.4. The monoisotopic (exact) mass is 659 g/mol. The quantitative estimate of drug-likeness (QED) is 0.204. The predicted molar refractivity (Wildman–Crippen MR) is 176 cm³/mol. The summed E-state index contributed by atoms with van der Waals surface area (Å²) in [4.78, 5) is 26.9. The van der Waals surface area contributed by atoms with Crippen LogP contribution >= 0.6 is 11.6 Å². The summed E-state index contributed by atoms with van der Waals surface area (Å²) in [6, 6.07) is 10.1. The fourth-order valence-corrected chi connectivity index (χ4v) is 5.89. The Balaban J connectivity index is 1.81. The third-order valence-electron chi connectivity index (χ3n) is 8.15. The number of esters is 1. The van der Waals surface area contributed by atoms with Crippen LogP contribution in [-0.2, 0) is 14.3 Å². The zero-order valence-electron chi connectivity index (χ0n) is 28.0. The molecule has 0 aliphatic carbocycles. The summed E-state index contributed by atoms with van der Waals surface area (Å²) in [5, 5.41) is 25.5. The van der Waals surface area contributed by atoms with Crippen LogP contribution in [-0.4, -0.2) is 60.6 Å². The highest BCUT2D eigenvalue weighted by Gasteiger charge is 2.49. The number of hydrogen-bond donors (Lipinski definition) is 3. The van der Waals surface area contributed by atoms with E-state index in [0.29, 0.717) is 31.6 Å². The van der Waals surface area contributed by atoms with Crippen molar-refractivity contribution in [3.05, 3.63) is 58.4 Å². The molecular weight excluding hydrogens is 613 g/mol. The Morgan fingerprint density at radius 3 is 2.39 bits per heavy atom. The number of nitriles is 1.